The predicted molar refractivity (Wildman–Crippen MR) is 81.2 cm³/mol. The number of aromatic nitrogens is 1. The van der Waals surface area contributed by atoms with E-state index in [2.05, 4.69) is 10.6 Å². The first kappa shape index (κ1) is 11.1. The predicted octanol–water partition coefficient (Wildman–Crippen LogP) is 4.10. The lowest BCUT2D eigenvalue weighted by atomic mass is 10.2. The maximum Gasteiger partial charge on any atom is 0.229 e. The summed E-state index contributed by atoms with van der Waals surface area (Å²) in [4.78, 5) is 12.0. The summed E-state index contributed by atoms with van der Waals surface area (Å²) in [6.45, 7) is 1.58. The molecule has 0 saturated heterocycles. The van der Waals surface area contributed by atoms with E-state index in [9.17, 15) is 4.79 Å². The summed E-state index contributed by atoms with van der Waals surface area (Å²) in [5.41, 5.74) is 3.86. The summed E-state index contributed by atoms with van der Waals surface area (Å²) in [6.07, 6.45) is 0. The van der Waals surface area contributed by atoms with Gasteiger partial charge in [0.15, 0.2) is 0 Å². The second-order valence-electron chi connectivity index (χ2n) is 4.89. The molecule has 1 aliphatic rings. The Balaban J connectivity index is 2.05. The minimum Gasteiger partial charge on any atom is -0.350 e. The summed E-state index contributed by atoms with van der Waals surface area (Å²) >= 11 is 0. The normalized spacial score (nSPS) is 12.2. The number of nitrogens with zero attached hydrogens (tertiary/aromatic N) is 1. The highest BCUT2D eigenvalue weighted by Crippen LogP contribution is 2.44. The van der Waals surface area contributed by atoms with Gasteiger partial charge >= 0.3 is 0 Å². The van der Waals surface area contributed by atoms with Gasteiger partial charge in [-0.3, -0.25) is 9.36 Å². The zero-order chi connectivity index (χ0) is 13.7. The Kier molecular flexibility index (Phi) is 2.15. The molecule has 0 saturated carbocycles. The van der Waals surface area contributed by atoms with Crippen molar-refractivity contribution in [2.45, 2.75) is 6.92 Å². The molecule has 0 bridgehead atoms. The maximum atomic E-state index is 12.0. The smallest absolute Gasteiger partial charge is 0.229 e. The van der Waals surface area contributed by atoms with Gasteiger partial charge in [0.2, 0.25) is 5.91 Å². The number of carbonyl (C=O) groups excluding carboxylic acids is 1. The van der Waals surface area contributed by atoms with Gasteiger partial charge in [-0.1, -0.05) is 30.3 Å². The summed E-state index contributed by atoms with van der Waals surface area (Å²) in [7, 11) is 0. The highest BCUT2D eigenvalue weighted by atomic mass is 16.1. The van der Waals surface area contributed by atoms with Crippen LogP contribution in [0.4, 0.5) is 22.9 Å². The third-order valence-corrected chi connectivity index (χ3v) is 3.63. The lowest BCUT2D eigenvalue weighted by molar-refractivity contribution is 0.0944. The van der Waals surface area contributed by atoms with Crippen molar-refractivity contribution in [3.63, 3.8) is 0 Å². The van der Waals surface area contributed by atoms with E-state index in [0.29, 0.717) is 0 Å². The van der Waals surface area contributed by atoms with E-state index in [4.69, 9.17) is 0 Å². The number of hydrogen-bond acceptors (Lipinski definition) is 3. The van der Waals surface area contributed by atoms with Crippen LogP contribution in [0.3, 0.4) is 0 Å². The van der Waals surface area contributed by atoms with Gasteiger partial charge in [0, 0.05) is 12.3 Å². The zero-order valence-electron chi connectivity index (χ0n) is 11.0. The average Bonchev–Trinajstić information content (AvgIpc) is 2.78. The van der Waals surface area contributed by atoms with E-state index in [0.717, 1.165) is 33.8 Å². The quantitative estimate of drug-likeness (QED) is 0.502. The number of fused-ring (bicyclic) bond motifs is 4. The second kappa shape index (κ2) is 3.87. The minimum atomic E-state index is -0.00358. The fraction of sp³-hybridized carbons (Fsp3) is 0.0625. The van der Waals surface area contributed by atoms with E-state index in [1.165, 1.54) is 0 Å². The first-order valence-corrected chi connectivity index (χ1v) is 6.53. The van der Waals surface area contributed by atoms with E-state index < -0.39 is 0 Å². The van der Waals surface area contributed by atoms with Crippen LogP contribution in [0, 0.1) is 0 Å². The molecule has 98 valence electrons. The molecule has 3 aromatic rings. The van der Waals surface area contributed by atoms with Gasteiger partial charge in [0.1, 0.15) is 5.82 Å². The Bertz CT molecular complexity index is 848. The van der Waals surface area contributed by atoms with Crippen molar-refractivity contribution in [3.8, 4) is 0 Å². The molecule has 1 aromatic heterocycles. The molecule has 4 heteroatoms. The lowest BCUT2D eigenvalue weighted by Crippen LogP contribution is -2.12. The number of nitrogens with one attached hydrogen (secondary N) is 2. The first-order valence-electron chi connectivity index (χ1n) is 6.53. The Morgan fingerprint density at radius 3 is 2.35 bits per heavy atom. The molecule has 0 aliphatic carbocycles. The van der Waals surface area contributed by atoms with Crippen molar-refractivity contribution in [3.05, 3.63) is 48.5 Å². The average molecular weight is 263 g/mol. The van der Waals surface area contributed by atoms with E-state index >= 15 is 0 Å². The lowest BCUT2D eigenvalue weighted by Gasteiger charge is -2.21. The molecule has 0 atom stereocenters. The van der Waals surface area contributed by atoms with Crippen molar-refractivity contribution < 1.29 is 4.79 Å². The van der Waals surface area contributed by atoms with Crippen LogP contribution in [0.5, 0.6) is 0 Å². The van der Waals surface area contributed by atoms with Gasteiger partial charge in [-0.05, 0) is 18.2 Å². The third kappa shape index (κ3) is 1.39. The molecular weight excluding hydrogens is 250 g/mol. The van der Waals surface area contributed by atoms with Crippen LogP contribution < -0.4 is 10.6 Å². The zero-order valence-corrected chi connectivity index (χ0v) is 11.0. The Hall–Kier alpha value is -2.75. The molecule has 20 heavy (non-hydrogen) atoms. The van der Waals surface area contributed by atoms with Gasteiger partial charge in [0.05, 0.1) is 22.6 Å². The summed E-state index contributed by atoms with van der Waals surface area (Å²) < 4.78 is 1.72. The van der Waals surface area contributed by atoms with Crippen molar-refractivity contribution in [1.29, 1.82) is 0 Å². The second-order valence-corrected chi connectivity index (χ2v) is 4.89. The summed E-state index contributed by atoms with van der Waals surface area (Å²) in [5, 5.41) is 7.82. The molecule has 4 rings (SSSR count). The van der Waals surface area contributed by atoms with Crippen LogP contribution in [0.15, 0.2) is 48.5 Å². The number of carbonyl (C=O) groups is 1. The molecule has 2 N–H and O–H groups in total. The molecule has 0 unspecified atom stereocenters. The van der Waals surface area contributed by atoms with Crippen molar-refractivity contribution >= 4 is 39.7 Å². The molecular formula is C16H13N3O. The molecule has 2 aromatic carbocycles. The molecule has 0 spiro atoms. The van der Waals surface area contributed by atoms with E-state index in [-0.39, 0.29) is 5.91 Å². The van der Waals surface area contributed by atoms with Crippen LogP contribution in [0.1, 0.15) is 11.7 Å². The van der Waals surface area contributed by atoms with Crippen molar-refractivity contribution in [2.24, 2.45) is 0 Å². The molecule has 2 heterocycles. The number of benzene rings is 2. The SMILES string of the molecule is CC(=O)n1c2c(c3ccccc31)Nc1ccccc1N2. The monoisotopic (exact) mass is 263 g/mol. The molecule has 0 amide bonds. The highest BCUT2D eigenvalue weighted by molar-refractivity contribution is 6.11. The number of rotatable bonds is 0. The van der Waals surface area contributed by atoms with E-state index in [1.807, 2.05) is 48.5 Å². The van der Waals surface area contributed by atoms with Gasteiger partial charge < -0.3 is 10.6 Å². The van der Waals surface area contributed by atoms with E-state index in [1.54, 1.807) is 11.5 Å². The molecule has 0 radical (unpaired) electrons. The van der Waals surface area contributed by atoms with Crippen molar-refractivity contribution in [2.75, 3.05) is 10.6 Å². The summed E-state index contributed by atoms with van der Waals surface area (Å²) in [5.74, 6) is 0.800. The molecule has 4 nitrogen and oxygen atoms in total. The summed E-state index contributed by atoms with van der Waals surface area (Å²) in [6, 6.07) is 15.9. The fourth-order valence-electron chi connectivity index (χ4n) is 2.78. The Morgan fingerprint density at radius 2 is 1.60 bits per heavy atom. The molecule has 1 aliphatic heterocycles. The standard InChI is InChI=1S/C16H13N3O/c1-10(20)19-14-9-5-2-6-11(14)15-16(19)18-13-8-4-3-7-12(13)17-15/h2-9,17-18H,1H3. The van der Waals surface area contributed by atoms with Crippen LogP contribution in [0.25, 0.3) is 10.9 Å². The third-order valence-electron chi connectivity index (χ3n) is 3.63. The Morgan fingerprint density at radius 1 is 0.950 bits per heavy atom. The number of anilines is 4. The van der Waals surface area contributed by atoms with Crippen LogP contribution >= 0.6 is 0 Å². The maximum absolute atomic E-state index is 12.0. The topological polar surface area (TPSA) is 46.1 Å². The molecule has 0 fully saturated rings. The highest BCUT2D eigenvalue weighted by Gasteiger charge is 2.23. The minimum absolute atomic E-state index is 0.00358. The van der Waals surface area contributed by atoms with Crippen LogP contribution in [-0.4, -0.2) is 10.5 Å². The van der Waals surface area contributed by atoms with Gasteiger partial charge in [-0.25, -0.2) is 0 Å². The fourth-order valence-corrected chi connectivity index (χ4v) is 2.78. The number of para-hydroxylation sites is 3. The van der Waals surface area contributed by atoms with Crippen molar-refractivity contribution in [1.82, 2.24) is 4.57 Å². The number of hydrogen-bond donors (Lipinski definition) is 2. The van der Waals surface area contributed by atoms with Gasteiger partial charge in [-0.15, -0.1) is 0 Å². The van der Waals surface area contributed by atoms with Gasteiger partial charge in [0.25, 0.3) is 0 Å². The Labute approximate surface area is 116 Å². The van der Waals surface area contributed by atoms with Crippen LogP contribution in [-0.2, 0) is 0 Å². The van der Waals surface area contributed by atoms with Crippen LogP contribution in [0.2, 0.25) is 0 Å². The first-order chi connectivity index (χ1) is 9.75. The largest absolute Gasteiger partial charge is 0.350 e. The van der Waals surface area contributed by atoms with Gasteiger partial charge in [-0.2, -0.15) is 0 Å².